The third-order valence-electron chi connectivity index (χ3n) is 4.69. The van der Waals surface area contributed by atoms with Crippen LogP contribution in [0.3, 0.4) is 0 Å². The maximum absolute atomic E-state index is 11.5. The van der Waals surface area contributed by atoms with Crippen LogP contribution in [0.5, 0.6) is 0 Å². The molecule has 2 heterocycles. The van der Waals surface area contributed by atoms with Crippen molar-refractivity contribution in [1.29, 1.82) is 0 Å². The van der Waals surface area contributed by atoms with Crippen LogP contribution in [0.4, 0.5) is 11.5 Å². The Kier molecular flexibility index (Phi) is 4.98. The summed E-state index contributed by atoms with van der Waals surface area (Å²) in [4.78, 5) is 23.1. The van der Waals surface area contributed by atoms with Gasteiger partial charge in [0.2, 0.25) is 5.91 Å². The monoisotopic (exact) mass is 362 g/mol. The molecule has 138 valence electrons. The number of carbonyl (C=O) groups excluding carboxylic acids is 1. The lowest BCUT2D eigenvalue weighted by molar-refractivity contribution is -0.115. The molecule has 0 saturated carbocycles. The van der Waals surface area contributed by atoms with E-state index in [-0.39, 0.29) is 5.91 Å². The molecule has 4 rings (SSSR count). The second-order valence-electron chi connectivity index (χ2n) is 6.51. The van der Waals surface area contributed by atoms with Crippen molar-refractivity contribution < 1.29 is 9.53 Å². The second kappa shape index (κ2) is 7.72. The number of nitrogens with zero attached hydrogens (tertiary/aromatic N) is 3. The first-order valence-electron chi connectivity index (χ1n) is 9.23. The van der Waals surface area contributed by atoms with Gasteiger partial charge in [-0.25, -0.2) is 4.98 Å². The van der Waals surface area contributed by atoms with Gasteiger partial charge < -0.3 is 15.0 Å². The maximum atomic E-state index is 11.5. The molecule has 6 heteroatoms. The summed E-state index contributed by atoms with van der Waals surface area (Å²) in [7, 11) is 0. The first-order valence-corrected chi connectivity index (χ1v) is 9.23. The van der Waals surface area contributed by atoms with Crippen molar-refractivity contribution in [3.05, 3.63) is 48.7 Å². The van der Waals surface area contributed by atoms with Crippen molar-refractivity contribution >= 4 is 28.4 Å². The highest BCUT2D eigenvalue weighted by molar-refractivity contribution is 5.91. The molecule has 27 heavy (non-hydrogen) atoms. The molecule has 0 radical (unpaired) electrons. The maximum Gasteiger partial charge on any atom is 0.224 e. The zero-order chi connectivity index (χ0) is 18.6. The third-order valence-corrected chi connectivity index (χ3v) is 4.69. The van der Waals surface area contributed by atoms with E-state index >= 15 is 0 Å². The highest BCUT2D eigenvalue weighted by Crippen LogP contribution is 2.25. The Morgan fingerprint density at radius 2 is 1.81 bits per heavy atom. The molecule has 0 unspecified atom stereocenters. The van der Waals surface area contributed by atoms with E-state index in [1.54, 1.807) is 0 Å². The molecule has 1 aliphatic rings. The SMILES string of the molecule is CCC(=O)Nc1ccc(-c2ccc3ncc(N4CCOCC4)nc3c2)cc1. The van der Waals surface area contributed by atoms with Crippen molar-refractivity contribution in [2.24, 2.45) is 0 Å². The number of benzene rings is 2. The lowest BCUT2D eigenvalue weighted by Gasteiger charge is -2.27. The van der Waals surface area contributed by atoms with Gasteiger partial charge in [0.15, 0.2) is 0 Å². The number of hydrogen-bond acceptors (Lipinski definition) is 5. The topological polar surface area (TPSA) is 67.4 Å². The number of ether oxygens (including phenoxy) is 1. The van der Waals surface area contributed by atoms with E-state index in [1.807, 2.05) is 49.5 Å². The highest BCUT2D eigenvalue weighted by atomic mass is 16.5. The lowest BCUT2D eigenvalue weighted by Crippen LogP contribution is -2.36. The number of fused-ring (bicyclic) bond motifs is 1. The minimum absolute atomic E-state index is 0.0133. The number of nitrogens with one attached hydrogen (secondary N) is 1. The molecule has 1 aliphatic heterocycles. The van der Waals surface area contributed by atoms with Gasteiger partial charge in [0.1, 0.15) is 5.82 Å². The quantitative estimate of drug-likeness (QED) is 0.770. The van der Waals surface area contributed by atoms with E-state index in [1.165, 1.54) is 0 Å². The summed E-state index contributed by atoms with van der Waals surface area (Å²) in [5, 5.41) is 2.87. The predicted molar refractivity (Wildman–Crippen MR) is 107 cm³/mol. The van der Waals surface area contributed by atoms with Crippen molar-refractivity contribution in [1.82, 2.24) is 9.97 Å². The van der Waals surface area contributed by atoms with Gasteiger partial charge in [0.25, 0.3) is 0 Å². The smallest absolute Gasteiger partial charge is 0.224 e. The molecular formula is C21H22N4O2. The Morgan fingerprint density at radius 3 is 2.56 bits per heavy atom. The van der Waals surface area contributed by atoms with Crippen LogP contribution in [0.25, 0.3) is 22.2 Å². The molecule has 2 aromatic carbocycles. The Morgan fingerprint density at radius 1 is 1.07 bits per heavy atom. The van der Waals surface area contributed by atoms with E-state index in [4.69, 9.17) is 9.72 Å². The van der Waals surface area contributed by atoms with Gasteiger partial charge in [-0.2, -0.15) is 0 Å². The molecule has 1 aromatic heterocycles. The summed E-state index contributed by atoms with van der Waals surface area (Å²) in [5.74, 6) is 0.903. The molecular weight excluding hydrogens is 340 g/mol. The van der Waals surface area contributed by atoms with Crippen LogP contribution in [0.2, 0.25) is 0 Å². The molecule has 1 N–H and O–H groups in total. The molecule has 0 bridgehead atoms. The Hall–Kier alpha value is -2.99. The van der Waals surface area contributed by atoms with Gasteiger partial charge in [-0.05, 0) is 35.4 Å². The molecule has 6 nitrogen and oxygen atoms in total. The Balaban J connectivity index is 1.61. The van der Waals surface area contributed by atoms with Gasteiger partial charge in [0.05, 0.1) is 30.4 Å². The number of anilines is 2. The van der Waals surface area contributed by atoms with Crippen molar-refractivity contribution in [2.45, 2.75) is 13.3 Å². The fourth-order valence-electron chi connectivity index (χ4n) is 3.12. The molecule has 1 amide bonds. The standard InChI is InChI=1S/C21H22N4O2/c1-2-21(26)23-17-6-3-15(4-7-17)16-5-8-18-19(13-16)24-20(14-22-18)25-9-11-27-12-10-25/h3-8,13-14H,2,9-12H2,1H3,(H,23,26). The summed E-state index contributed by atoms with van der Waals surface area (Å²) in [6.07, 6.45) is 2.30. The molecule has 1 saturated heterocycles. The Bertz CT molecular complexity index is 950. The van der Waals surface area contributed by atoms with Gasteiger partial charge in [0, 0.05) is 25.2 Å². The fraction of sp³-hybridized carbons (Fsp3) is 0.286. The summed E-state index contributed by atoms with van der Waals surface area (Å²) in [5.41, 5.74) is 4.71. The van der Waals surface area contributed by atoms with Gasteiger partial charge in [-0.15, -0.1) is 0 Å². The number of amides is 1. The van der Waals surface area contributed by atoms with Crippen LogP contribution in [-0.2, 0) is 9.53 Å². The van der Waals surface area contributed by atoms with Crippen LogP contribution in [0, 0.1) is 0 Å². The zero-order valence-corrected chi connectivity index (χ0v) is 15.3. The normalized spacial score (nSPS) is 14.3. The van der Waals surface area contributed by atoms with E-state index in [0.29, 0.717) is 6.42 Å². The van der Waals surface area contributed by atoms with Crippen LogP contribution >= 0.6 is 0 Å². The number of carbonyl (C=O) groups is 1. The first-order chi connectivity index (χ1) is 13.2. The number of morpholine rings is 1. The van der Waals surface area contributed by atoms with Gasteiger partial charge in [-0.1, -0.05) is 25.1 Å². The Labute approximate surface area is 158 Å². The highest BCUT2D eigenvalue weighted by Gasteiger charge is 2.13. The van der Waals surface area contributed by atoms with E-state index in [2.05, 4.69) is 21.3 Å². The average Bonchev–Trinajstić information content (AvgIpc) is 2.74. The van der Waals surface area contributed by atoms with Crippen molar-refractivity contribution in [3.63, 3.8) is 0 Å². The number of hydrogen-bond donors (Lipinski definition) is 1. The van der Waals surface area contributed by atoms with Crippen LogP contribution in [0.1, 0.15) is 13.3 Å². The number of rotatable bonds is 4. The summed E-state index contributed by atoms with van der Waals surface area (Å²) in [6, 6.07) is 14.0. The predicted octanol–water partition coefficient (Wildman–Crippen LogP) is 3.48. The van der Waals surface area contributed by atoms with Crippen molar-refractivity contribution in [3.8, 4) is 11.1 Å². The van der Waals surface area contributed by atoms with E-state index < -0.39 is 0 Å². The molecule has 0 spiro atoms. The minimum atomic E-state index is 0.0133. The average molecular weight is 362 g/mol. The first kappa shape index (κ1) is 17.4. The minimum Gasteiger partial charge on any atom is -0.378 e. The number of aromatic nitrogens is 2. The van der Waals surface area contributed by atoms with E-state index in [0.717, 1.165) is 60.0 Å². The summed E-state index contributed by atoms with van der Waals surface area (Å²) >= 11 is 0. The molecule has 1 fully saturated rings. The molecule has 0 atom stereocenters. The summed E-state index contributed by atoms with van der Waals surface area (Å²) < 4.78 is 5.41. The second-order valence-corrected chi connectivity index (χ2v) is 6.51. The van der Waals surface area contributed by atoms with Crippen LogP contribution in [-0.4, -0.2) is 42.2 Å². The summed E-state index contributed by atoms with van der Waals surface area (Å²) in [6.45, 7) is 4.96. The lowest BCUT2D eigenvalue weighted by atomic mass is 10.0. The largest absolute Gasteiger partial charge is 0.378 e. The van der Waals surface area contributed by atoms with Crippen LogP contribution in [0.15, 0.2) is 48.7 Å². The fourth-order valence-corrected chi connectivity index (χ4v) is 3.12. The molecule has 3 aromatic rings. The van der Waals surface area contributed by atoms with Gasteiger partial charge >= 0.3 is 0 Å². The van der Waals surface area contributed by atoms with Crippen LogP contribution < -0.4 is 10.2 Å². The van der Waals surface area contributed by atoms with Crippen molar-refractivity contribution in [2.75, 3.05) is 36.5 Å². The molecule has 0 aliphatic carbocycles. The third kappa shape index (κ3) is 3.90. The van der Waals surface area contributed by atoms with E-state index in [9.17, 15) is 4.79 Å². The van der Waals surface area contributed by atoms with Gasteiger partial charge in [-0.3, -0.25) is 9.78 Å². The zero-order valence-electron chi connectivity index (χ0n) is 15.3.